The fourth-order valence-electron chi connectivity index (χ4n) is 9.00. The highest BCUT2D eigenvalue weighted by molar-refractivity contribution is 7.90. The molecule has 3 aliphatic rings. The van der Waals surface area contributed by atoms with Gasteiger partial charge in [0.15, 0.2) is 0 Å². The van der Waals surface area contributed by atoms with Crippen molar-refractivity contribution in [2.24, 2.45) is 11.3 Å². The highest BCUT2D eigenvalue weighted by Crippen LogP contribution is 2.43. The number of sulfonamides is 1. The molecule has 322 valence electrons. The molecule has 0 bridgehead atoms. The average molecular weight is 866 g/mol. The van der Waals surface area contributed by atoms with Crippen molar-refractivity contribution in [3.8, 4) is 11.5 Å². The van der Waals surface area contributed by atoms with Crippen LogP contribution in [0.1, 0.15) is 81.3 Å². The number of carbonyl (C=O) groups is 1. The molecular formula is C48H57ClN6O5S. The molecule has 1 atom stereocenters. The number of aryl methyl sites for hydroxylation is 1. The first-order valence-corrected chi connectivity index (χ1v) is 23.2. The predicted octanol–water partition coefficient (Wildman–Crippen LogP) is 9.84. The molecule has 2 aromatic heterocycles. The summed E-state index contributed by atoms with van der Waals surface area (Å²) >= 11 is 6.25. The third kappa shape index (κ3) is 10.3. The first-order chi connectivity index (χ1) is 29.1. The maximum Gasteiger partial charge on any atom is 0.268 e. The van der Waals surface area contributed by atoms with Crippen molar-refractivity contribution >= 4 is 55.5 Å². The zero-order chi connectivity index (χ0) is 42.9. The number of hydrogen-bond acceptors (Lipinski definition) is 9. The SMILES string of the molecule is Cc1cc(S(=O)(=O)NC(=O)c2ccc(N3CCN(CC4=C(c5ccc(Cl)cc5)CC(C)(C)CC4)CC3)cc2Oc2cnc3[nH]ccc3c2)ccc1NC[C@H]1CCOC(C)(C)C1. The second-order valence-electron chi connectivity index (χ2n) is 18.3. The van der Waals surface area contributed by atoms with E-state index >= 15 is 0 Å². The number of aromatic nitrogens is 2. The molecule has 61 heavy (non-hydrogen) atoms. The number of piperazine rings is 1. The highest BCUT2D eigenvalue weighted by atomic mass is 35.5. The number of aromatic amines is 1. The number of rotatable bonds is 12. The Kier molecular flexibility index (Phi) is 12.3. The summed E-state index contributed by atoms with van der Waals surface area (Å²) < 4.78 is 42.0. The number of pyridine rings is 1. The molecule has 3 aromatic carbocycles. The van der Waals surface area contributed by atoms with Gasteiger partial charge in [0.25, 0.3) is 15.9 Å². The summed E-state index contributed by atoms with van der Waals surface area (Å²) in [5.41, 5.74) is 7.60. The van der Waals surface area contributed by atoms with Gasteiger partial charge in [-0.3, -0.25) is 9.69 Å². The van der Waals surface area contributed by atoms with E-state index in [9.17, 15) is 13.2 Å². The van der Waals surface area contributed by atoms with Crippen molar-refractivity contribution in [3.05, 3.63) is 112 Å². The Morgan fingerprint density at radius 2 is 1.79 bits per heavy atom. The van der Waals surface area contributed by atoms with E-state index in [1.165, 1.54) is 22.8 Å². The van der Waals surface area contributed by atoms with Gasteiger partial charge >= 0.3 is 0 Å². The molecule has 3 N–H and O–H groups in total. The number of ether oxygens (including phenoxy) is 2. The van der Waals surface area contributed by atoms with Crippen molar-refractivity contribution in [2.45, 2.75) is 77.2 Å². The number of H-pyrrole nitrogens is 1. The van der Waals surface area contributed by atoms with Crippen LogP contribution in [-0.2, 0) is 14.8 Å². The van der Waals surface area contributed by atoms with Crippen LogP contribution >= 0.6 is 11.6 Å². The molecule has 4 heterocycles. The molecular weight excluding hydrogens is 808 g/mol. The molecule has 0 unspecified atom stereocenters. The van der Waals surface area contributed by atoms with Crippen molar-refractivity contribution in [2.75, 3.05) is 56.1 Å². The third-order valence-corrected chi connectivity index (χ3v) is 14.0. The van der Waals surface area contributed by atoms with Crippen LogP contribution in [0.25, 0.3) is 16.6 Å². The Hall–Kier alpha value is -4.88. The Balaban J connectivity index is 0.979. The van der Waals surface area contributed by atoms with Gasteiger partial charge in [-0.05, 0) is 136 Å². The predicted molar refractivity (Wildman–Crippen MR) is 244 cm³/mol. The summed E-state index contributed by atoms with van der Waals surface area (Å²) in [6.45, 7) is 16.5. The van der Waals surface area contributed by atoms with Gasteiger partial charge in [0.1, 0.15) is 17.1 Å². The molecule has 8 rings (SSSR count). The first-order valence-electron chi connectivity index (χ1n) is 21.3. The van der Waals surface area contributed by atoms with Crippen LogP contribution in [0.15, 0.2) is 95.7 Å². The summed E-state index contributed by atoms with van der Waals surface area (Å²) in [6, 6.07) is 22.2. The molecule has 1 aliphatic carbocycles. The van der Waals surface area contributed by atoms with Crippen LogP contribution in [0.5, 0.6) is 11.5 Å². The Labute approximate surface area is 364 Å². The smallest absolute Gasteiger partial charge is 0.268 e. The molecule has 2 aliphatic heterocycles. The van der Waals surface area contributed by atoms with E-state index in [-0.39, 0.29) is 27.2 Å². The van der Waals surface area contributed by atoms with Gasteiger partial charge < -0.3 is 24.7 Å². The summed E-state index contributed by atoms with van der Waals surface area (Å²) in [7, 11) is -4.23. The molecule has 5 aromatic rings. The number of halogens is 1. The van der Waals surface area contributed by atoms with Crippen molar-refractivity contribution in [1.82, 2.24) is 19.6 Å². The Morgan fingerprint density at radius 1 is 1.00 bits per heavy atom. The lowest BCUT2D eigenvalue weighted by Crippen LogP contribution is -2.47. The van der Waals surface area contributed by atoms with Gasteiger partial charge in [0.2, 0.25) is 0 Å². The maximum absolute atomic E-state index is 14.0. The van der Waals surface area contributed by atoms with Gasteiger partial charge in [-0.25, -0.2) is 18.1 Å². The van der Waals surface area contributed by atoms with E-state index in [2.05, 4.69) is 69.6 Å². The lowest BCUT2D eigenvalue weighted by molar-refractivity contribution is -0.0699. The standard InChI is InChI=1S/C48H57ClN6O5S/c1-32-24-40(11-13-43(32)51-29-33-16-23-59-48(4,5)27-33)61(57,58)53-46(56)41-12-10-38(26-44(41)60-39-25-35-15-18-50-45(35)52-30-39)55-21-19-54(20-22-55)31-36-14-17-47(2,3)28-42(36)34-6-8-37(49)9-7-34/h6-13,15,18,24-26,30,33,51H,14,16-17,19-23,27-29,31H2,1-5H3,(H,50,52)(H,53,56)/t33-/m0/s1. The number of nitrogens with one attached hydrogen (secondary N) is 3. The van der Waals surface area contributed by atoms with Gasteiger partial charge in [-0.1, -0.05) is 43.2 Å². The number of amides is 1. The molecule has 0 spiro atoms. The summed E-state index contributed by atoms with van der Waals surface area (Å²) in [6.07, 6.45) is 8.58. The molecule has 0 saturated carbocycles. The van der Waals surface area contributed by atoms with E-state index in [1.807, 2.05) is 43.3 Å². The number of anilines is 2. The number of nitrogens with zero attached hydrogens (tertiary/aromatic N) is 3. The average Bonchev–Trinajstić information content (AvgIpc) is 3.69. The van der Waals surface area contributed by atoms with Gasteiger partial charge in [-0.2, -0.15) is 0 Å². The van der Waals surface area contributed by atoms with Gasteiger partial charge in [-0.15, -0.1) is 0 Å². The second kappa shape index (κ2) is 17.5. The minimum atomic E-state index is -4.23. The largest absolute Gasteiger partial charge is 0.455 e. The minimum Gasteiger partial charge on any atom is -0.455 e. The third-order valence-electron chi connectivity index (χ3n) is 12.5. The number of carbonyl (C=O) groups excluding carboxylic acids is 1. The maximum atomic E-state index is 14.0. The molecule has 11 nitrogen and oxygen atoms in total. The second-order valence-corrected chi connectivity index (χ2v) is 20.4. The van der Waals surface area contributed by atoms with Crippen LogP contribution in [0.3, 0.4) is 0 Å². The highest BCUT2D eigenvalue weighted by Gasteiger charge is 2.31. The zero-order valence-electron chi connectivity index (χ0n) is 35.8. The number of benzene rings is 3. The van der Waals surface area contributed by atoms with Gasteiger partial charge in [0.05, 0.1) is 22.3 Å². The van der Waals surface area contributed by atoms with Crippen LogP contribution in [0.4, 0.5) is 11.4 Å². The normalized spacial score (nSPS) is 19.5. The number of fused-ring (bicyclic) bond motifs is 1. The first kappa shape index (κ1) is 42.8. The lowest BCUT2D eigenvalue weighted by Gasteiger charge is -2.39. The van der Waals surface area contributed by atoms with Crippen LogP contribution in [-0.4, -0.2) is 80.7 Å². The minimum absolute atomic E-state index is 0.00292. The fourth-order valence-corrected chi connectivity index (χ4v) is 10.2. The topological polar surface area (TPSA) is 129 Å². The Morgan fingerprint density at radius 3 is 2.54 bits per heavy atom. The van der Waals surface area contributed by atoms with E-state index in [1.54, 1.807) is 30.6 Å². The number of allylic oxidation sites excluding steroid dienone is 1. The quantitative estimate of drug-likeness (QED) is 0.112. The molecule has 2 fully saturated rings. The molecule has 13 heteroatoms. The van der Waals surface area contributed by atoms with Crippen LogP contribution in [0, 0.1) is 18.3 Å². The van der Waals surface area contributed by atoms with Crippen molar-refractivity contribution < 1.29 is 22.7 Å². The molecule has 0 radical (unpaired) electrons. The fraction of sp³-hybridized carbons (Fsp3) is 0.417. The lowest BCUT2D eigenvalue weighted by atomic mass is 9.72. The van der Waals surface area contributed by atoms with E-state index in [4.69, 9.17) is 21.1 Å². The number of hydrogen-bond donors (Lipinski definition) is 3. The van der Waals surface area contributed by atoms with Crippen LogP contribution < -0.4 is 19.7 Å². The monoisotopic (exact) mass is 864 g/mol. The summed E-state index contributed by atoms with van der Waals surface area (Å²) in [5.74, 6) is 0.323. The van der Waals surface area contributed by atoms with Crippen molar-refractivity contribution in [3.63, 3.8) is 0 Å². The van der Waals surface area contributed by atoms with Crippen molar-refractivity contribution in [1.29, 1.82) is 0 Å². The van der Waals surface area contributed by atoms with E-state index in [0.29, 0.717) is 17.3 Å². The zero-order valence-corrected chi connectivity index (χ0v) is 37.4. The van der Waals surface area contributed by atoms with E-state index in [0.717, 1.165) is 105 Å². The van der Waals surface area contributed by atoms with Gasteiger partial charge in [0, 0.05) is 79.9 Å². The Bertz CT molecular complexity index is 2540. The molecule has 1 amide bonds. The van der Waals surface area contributed by atoms with Crippen LogP contribution in [0.2, 0.25) is 5.02 Å². The van der Waals surface area contributed by atoms with E-state index < -0.39 is 15.9 Å². The molecule has 2 saturated heterocycles. The summed E-state index contributed by atoms with van der Waals surface area (Å²) in [5, 5.41) is 5.09. The summed E-state index contributed by atoms with van der Waals surface area (Å²) in [4.78, 5) is 26.3.